The predicted octanol–water partition coefficient (Wildman–Crippen LogP) is 3.36. The summed E-state index contributed by atoms with van der Waals surface area (Å²) in [7, 11) is 0. The number of hydrogen-bond acceptors (Lipinski definition) is 4. The standard InChI is InChI=1S/C19H25N3O2/c1-2-4-15-17(5-3-6-18(15)23)20-14-9-7-13(8-10-14)16-11-12-19(24)22-21-16/h7-10,16,20-21H,2-6,11-12H2,1H3,(H,22,24). The number of hydrogen-bond donors (Lipinski definition) is 3. The van der Waals surface area contributed by atoms with Crippen molar-refractivity contribution in [3.8, 4) is 0 Å². The molecule has 128 valence electrons. The molecule has 0 radical (unpaired) electrons. The minimum atomic E-state index is 0.0434. The summed E-state index contributed by atoms with van der Waals surface area (Å²) in [5.74, 6) is 0.339. The zero-order valence-electron chi connectivity index (χ0n) is 14.2. The number of anilines is 1. The van der Waals surface area contributed by atoms with E-state index in [1.54, 1.807) is 0 Å². The zero-order valence-corrected chi connectivity index (χ0v) is 14.2. The van der Waals surface area contributed by atoms with Crippen LogP contribution in [-0.2, 0) is 9.59 Å². The maximum Gasteiger partial charge on any atom is 0.234 e. The summed E-state index contributed by atoms with van der Waals surface area (Å²) in [6.45, 7) is 2.11. The molecule has 2 aliphatic rings. The third-order valence-corrected chi connectivity index (χ3v) is 4.69. The van der Waals surface area contributed by atoms with E-state index < -0.39 is 0 Å². The van der Waals surface area contributed by atoms with Crippen LogP contribution in [-0.4, -0.2) is 11.7 Å². The lowest BCUT2D eigenvalue weighted by atomic mass is 9.91. The summed E-state index contributed by atoms with van der Waals surface area (Å²) in [6.07, 6.45) is 5.75. The van der Waals surface area contributed by atoms with Gasteiger partial charge in [0.05, 0.1) is 6.04 Å². The Bertz CT molecular complexity index is 639. The second-order valence-corrected chi connectivity index (χ2v) is 6.51. The summed E-state index contributed by atoms with van der Waals surface area (Å²) >= 11 is 0. The molecule has 5 nitrogen and oxygen atoms in total. The highest BCUT2D eigenvalue weighted by Crippen LogP contribution is 2.28. The highest BCUT2D eigenvalue weighted by Gasteiger charge is 2.21. The third-order valence-electron chi connectivity index (χ3n) is 4.69. The van der Waals surface area contributed by atoms with Gasteiger partial charge >= 0.3 is 0 Å². The van der Waals surface area contributed by atoms with E-state index in [0.29, 0.717) is 18.6 Å². The van der Waals surface area contributed by atoms with Crippen LogP contribution in [0.25, 0.3) is 0 Å². The number of allylic oxidation sites excluding steroid dienone is 2. The molecule has 1 aliphatic carbocycles. The molecule has 1 fully saturated rings. The Morgan fingerprint density at radius 2 is 1.92 bits per heavy atom. The molecule has 1 saturated heterocycles. The molecule has 0 saturated carbocycles. The molecule has 24 heavy (non-hydrogen) atoms. The number of ketones is 1. The molecule has 1 unspecified atom stereocenters. The van der Waals surface area contributed by atoms with Crippen LogP contribution in [0.2, 0.25) is 0 Å². The van der Waals surface area contributed by atoms with Crippen LogP contribution in [0.15, 0.2) is 35.5 Å². The first-order valence-electron chi connectivity index (χ1n) is 8.84. The molecule has 1 amide bonds. The molecule has 0 bridgehead atoms. The van der Waals surface area contributed by atoms with Crippen molar-refractivity contribution in [2.45, 2.75) is 57.9 Å². The van der Waals surface area contributed by atoms with Crippen LogP contribution >= 0.6 is 0 Å². The van der Waals surface area contributed by atoms with Crippen LogP contribution in [0.4, 0.5) is 5.69 Å². The van der Waals surface area contributed by atoms with Crippen molar-refractivity contribution in [3.05, 3.63) is 41.1 Å². The maximum absolute atomic E-state index is 12.1. The van der Waals surface area contributed by atoms with Crippen molar-refractivity contribution < 1.29 is 9.59 Å². The van der Waals surface area contributed by atoms with E-state index in [0.717, 1.165) is 54.6 Å². The fourth-order valence-electron chi connectivity index (χ4n) is 3.37. The molecule has 5 heteroatoms. The topological polar surface area (TPSA) is 70.2 Å². The normalized spacial score (nSPS) is 21.6. The van der Waals surface area contributed by atoms with Gasteiger partial charge in [-0.1, -0.05) is 25.5 Å². The van der Waals surface area contributed by atoms with E-state index in [-0.39, 0.29) is 11.9 Å². The molecular weight excluding hydrogens is 302 g/mol. The zero-order chi connectivity index (χ0) is 16.9. The van der Waals surface area contributed by atoms with Crippen molar-refractivity contribution in [1.82, 2.24) is 10.9 Å². The van der Waals surface area contributed by atoms with Gasteiger partial charge in [-0.3, -0.25) is 15.0 Å². The Morgan fingerprint density at radius 3 is 2.58 bits per heavy atom. The number of amides is 1. The number of hydrazine groups is 1. The Morgan fingerprint density at radius 1 is 1.12 bits per heavy atom. The third kappa shape index (κ3) is 3.85. The predicted molar refractivity (Wildman–Crippen MR) is 94.1 cm³/mol. The minimum Gasteiger partial charge on any atom is -0.359 e. The van der Waals surface area contributed by atoms with Gasteiger partial charge < -0.3 is 5.32 Å². The van der Waals surface area contributed by atoms with Gasteiger partial charge in [-0.15, -0.1) is 0 Å². The lowest BCUT2D eigenvalue weighted by Gasteiger charge is -2.25. The Kier molecular flexibility index (Phi) is 5.30. The molecular formula is C19H25N3O2. The molecule has 1 atom stereocenters. The lowest BCUT2D eigenvalue weighted by molar-refractivity contribution is -0.124. The average molecular weight is 327 g/mol. The van der Waals surface area contributed by atoms with Gasteiger partial charge in [-0.2, -0.15) is 0 Å². The molecule has 1 aromatic carbocycles. The number of benzene rings is 1. The van der Waals surface area contributed by atoms with Crippen molar-refractivity contribution in [1.29, 1.82) is 0 Å². The number of carbonyl (C=O) groups excluding carboxylic acids is 2. The number of rotatable bonds is 5. The van der Waals surface area contributed by atoms with E-state index in [2.05, 4.69) is 35.2 Å². The number of carbonyl (C=O) groups is 2. The van der Waals surface area contributed by atoms with Crippen LogP contribution in [0.3, 0.4) is 0 Å². The Hall–Kier alpha value is -2.14. The molecule has 1 heterocycles. The summed E-state index contributed by atoms with van der Waals surface area (Å²) in [4.78, 5) is 23.3. The summed E-state index contributed by atoms with van der Waals surface area (Å²) in [5, 5.41) is 3.45. The van der Waals surface area contributed by atoms with Crippen molar-refractivity contribution in [2.24, 2.45) is 0 Å². The maximum atomic E-state index is 12.1. The van der Waals surface area contributed by atoms with E-state index >= 15 is 0 Å². The summed E-state index contributed by atoms with van der Waals surface area (Å²) in [6, 6.07) is 8.39. The van der Waals surface area contributed by atoms with Crippen molar-refractivity contribution in [3.63, 3.8) is 0 Å². The first-order chi connectivity index (χ1) is 11.7. The van der Waals surface area contributed by atoms with Crippen LogP contribution in [0, 0.1) is 0 Å². The fraction of sp³-hybridized carbons (Fsp3) is 0.474. The van der Waals surface area contributed by atoms with Crippen LogP contribution < -0.4 is 16.2 Å². The van der Waals surface area contributed by atoms with Gasteiger partial charge in [-0.25, -0.2) is 5.43 Å². The van der Waals surface area contributed by atoms with Gasteiger partial charge in [0.15, 0.2) is 5.78 Å². The number of nitrogens with one attached hydrogen (secondary N) is 3. The molecule has 1 aromatic rings. The lowest BCUT2D eigenvalue weighted by Crippen LogP contribution is -2.44. The largest absolute Gasteiger partial charge is 0.359 e. The molecule has 3 N–H and O–H groups in total. The first-order valence-corrected chi connectivity index (χ1v) is 8.84. The van der Waals surface area contributed by atoms with E-state index in [9.17, 15) is 9.59 Å². The van der Waals surface area contributed by atoms with E-state index in [4.69, 9.17) is 0 Å². The van der Waals surface area contributed by atoms with Crippen LogP contribution in [0.5, 0.6) is 0 Å². The fourth-order valence-corrected chi connectivity index (χ4v) is 3.37. The van der Waals surface area contributed by atoms with E-state index in [1.807, 2.05) is 12.1 Å². The van der Waals surface area contributed by atoms with Gasteiger partial charge in [-0.05, 0) is 43.4 Å². The Labute approximate surface area is 142 Å². The summed E-state index contributed by atoms with van der Waals surface area (Å²) < 4.78 is 0. The second kappa shape index (κ2) is 7.62. The van der Waals surface area contributed by atoms with Gasteiger partial charge in [0, 0.05) is 29.8 Å². The van der Waals surface area contributed by atoms with Crippen molar-refractivity contribution in [2.75, 3.05) is 5.32 Å². The SMILES string of the molecule is CCCC1=C(Nc2ccc(C3CCC(=O)NN3)cc2)CCCC1=O. The smallest absolute Gasteiger partial charge is 0.234 e. The summed E-state index contributed by atoms with van der Waals surface area (Å²) in [5.41, 5.74) is 9.96. The quantitative estimate of drug-likeness (QED) is 0.775. The average Bonchev–Trinajstić information content (AvgIpc) is 2.59. The van der Waals surface area contributed by atoms with Gasteiger partial charge in [0.2, 0.25) is 5.91 Å². The molecule has 0 spiro atoms. The minimum absolute atomic E-state index is 0.0434. The number of Topliss-reactive ketones (excluding diaryl/α,β-unsaturated/α-hetero) is 1. The Balaban J connectivity index is 1.70. The van der Waals surface area contributed by atoms with Crippen molar-refractivity contribution >= 4 is 17.4 Å². The highest BCUT2D eigenvalue weighted by molar-refractivity contribution is 5.97. The van der Waals surface area contributed by atoms with E-state index in [1.165, 1.54) is 0 Å². The van der Waals surface area contributed by atoms with Crippen LogP contribution in [0.1, 0.15) is 63.5 Å². The molecule has 0 aromatic heterocycles. The monoisotopic (exact) mass is 327 g/mol. The second-order valence-electron chi connectivity index (χ2n) is 6.51. The van der Waals surface area contributed by atoms with Gasteiger partial charge in [0.1, 0.15) is 0 Å². The first kappa shape index (κ1) is 16.7. The molecule has 3 rings (SSSR count). The molecule has 1 aliphatic heterocycles. The highest BCUT2D eigenvalue weighted by atomic mass is 16.2. The van der Waals surface area contributed by atoms with Gasteiger partial charge in [0.25, 0.3) is 0 Å².